The second kappa shape index (κ2) is 9.47. The summed E-state index contributed by atoms with van der Waals surface area (Å²) in [6.07, 6.45) is 2.91. The quantitative estimate of drug-likeness (QED) is 0.214. The smallest absolute Gasteiger partial charge is 0.343 e. The number of hydrogen-bond acceptors (Lipinski definition) is 7. The van der Waals surface area contributed by atoms with Crippen LogP contribution in [0.5, 0.6) is 11.5 Å². The van der Waals surface area contributed by atoms with Gasteiger partial charge in [0.25, 0.3) is 11.8 Å². The molecule has 28 heavy (non-hydrogen) atoms. The molecule has 0 aliphatic carbocycles. The van der Waals surface area contributed by atoms with E-state index in [1.807, 2.05) is 0 Å². The van der Waals surface area contributed by atoms with Gasteiger partial charge in [0.2, 0.25) is 0 Å². The van der Waals surface area contributed by atoms with Crippen molar-refractivity contribution in [2.45, 2.75) is 0 Å². The van der Waals surface area contributed by atoms with Crippen LogP contribution in [0.2, 0.25) is 0 Å². The molecule has 148 valence electrons. The fourth-order valence-corrected chi connectivity index (χ4v) is 2.96. The van der Waals surface area contributed by atoms with E-state index in [2.05, 4.69) is 32.6 Å². The summed E-state index contributed by atoms with van der Waals surface area (Å²) in [6, 6.07) is 3.13. The van der Waals surface area contributed by atoms with E-state index in [0.29, 0.717) is 15.8 Å². The van der Waals surface area contributed by atoms with E-state index >= 15 is 0 Å². The lowest BCUT2D eigenvalue weighted by atomic mass is 10.1. The minimum atomic E-state index is -0.604. The highest BCUT2D eigenvalue weighted by molar-refractivity contribution is 9.10. The Kier molecular flexibility index (Phi) is 7.30. The number of ether oxygens (including phenoxy) is 3. The first kappa shape index (κ1) is 21.6. The average Bonchev–Trinajstić information content (AvgIpc) is 2.67. The molecule has 1 aromatic carbocycles. The highest BCUT2D eigenvalue weighted by Crippen LogP contribution is 2.35. The van der Waals surface area contributed by atoms with Gasteiger partial charge in [-0.25, -0.2) is 4.79 Å². The van der Waals surface area contributed by atoms with Crippen molar-refractivity contribution in [1.82, 2.24) is 10.2 Å². The molecule has 1 saturated heterocycles. The van der Waals surface area contributed by atoms with Crippen molar-refractivity contribution in [3.63, 3.8) is 0 Å². The summed E-state index contributed by atoms with van der Waals surface area (Å²) in [6.45, 7) is 3.45. The number of carbonyl (C=O) groups excluding carboxylic acids is 3. The molecular formula is C18H17BrN2O6S. The van der Waals surface area contributed by atoms with E-state index in [9.17, 15) is 14.4 Å². The number of amides is 2. The molecule has 8 nitrogen and oxygen atoms in total. The van der Waals surface area contributed by atoms with Gasteiger partial charge < -0.3 is 14.2 Å². The first-order valence-corrected chi connectivity index (χ1v) is 9.09. The maximum absolute atomic E-state index is 12.6. The van der Waals surface area contributed by atoms with Crippen LogP contribution in [0.1, 0.15) is 5.56 Å². The lowest BCUT2D eigenvalue weighted by molar-refractivity contribution is -0.143. The molecular weight excluding hydrogens is 452 g/mol. The number of nitrogens with zero attached hydrogens (tertiary/aromatic N) is 1. The standard InChI is InChI=1S/C18H17BrN2O6S/c1-4-5-21-17(24)11(16(23)20-18(21)28)6-10-7-13(25-2)14(8-12(10)19)27-9-15(22)26-3/h4,6-8H,1,5,9H2,2-3H3,(H,20,23,28)/b11-6+. The number of halogens is 1. The Bertz CT molecular complexity index is 883. The highest BCUT2D eigenvalue weighted by Gasteiger charge is 2.32. The third-order valence-electron chi connectivity index (χ3n) is 3.65. The summed E-state index contributed by atoms with van der Waals surface area (Å²) in [5, 5.41) is 2.50. The van der Waals surface area contributed by atoms with Gasteiger partial charge in [-0.15, -0.1) is 6.58 Å². The SMILES string of the molecule is C=CCN1C(=O)/C(=C/c2cc(OC)c(OCC(=O)OC)cc2Br)C(=O)NC1=S. The molecule has 1 aliphatic rings. The fourth-order valence-electron chi connectivity index (χ4n) is 2.27. The number of thiocarbonyl (C=S) groups is 1. The normalized spacial score (nSPS) is 15.3. The first-order chi connectivity index (χ1) is 13.3. The number of methoxy groups -OCH3 is 2. The molecule has 2 rings (SSSR count). The van der Waals surface area contributed by atoms with Crippen LogP contribution in [0, 0.1) is 0 Å². The Balaban J connectivity index is 2.39. The molecule has 0 spiro atoms. The maximum atomic E-state index is 12.6. The topological polar surface area (TPSA) is 94.2 Å². The second-order valence-electron chi connectivity index (χ2n) is 5.41. The Morgan fingerprint density at radius 3 is 2.64 bits per heavy atom. The van der Waals surface area contributed by atoms with E-state index in [1.54, 1.807) is 12.1 Å². The van der Waals surface area contributed by atoms with Crippen LogP contribution in [0.25, 0.3) is 6.08 Å². The zero-order valence-electron chi connectivity index (χ0n) is 15.1. The Morgan fingerprint density at radius 2 is 2.04 bits per heavy atom. The van der Waals surface area contributed by atoms with Crippen molar-refractivity contribution in [2.75, 3.05) is 27.4 Å². The van der Waals surface area contributed by atoms with Crippen LogP contribution in [0.15, 0.2) is 34.8 Å². The fraction of sp³-hybridized carbons (Fsp3) is 0.222. The Labute approximate surface area is 175 Å². The Hall–Kier alpha value is -2.72. The second-order valence-corrected chi connectivity index (χ2v) is 6.65. The summed E-state index contributed by atoms with van der Waals surface area (Å²) in [7, 11) is 2.68. The Morgan fingerprint density at radius 1 is 1.32 bits per heavy atom. The van der Waals surface area contributed by atoms with Gasteiger partial charge in [-0.2, -0.15) is 0 Å². The molecule has 1 heterocycles. The van der Waals surface area contributed by atoms with Gasteiger partial charge in [0.1, 0.15) is 5.57 Å². The molecule has 0 atom stereocenters. The highest BCUT2D eigenvalue weighted by atomic mass is 79.9. The predicted molar refractivity (Wildman–Crippen MR) is 109 cm³/mol. The van der Waals surface area contributed by atoms with Crippen LogP contribution in [-0.4, -0.2) is 55.2 Å². The van der Waals surface area contributed by atoms with Gasteiger partial charge in [-0.1, -0.05) is 22.0 Å². The molecule has 1 fully saturated rings. The summed E-state index contributed by atoms with van der Waals surface area (Å²) < 4.78 is 15.7. The van der Waals surface area contributed by atoms with Gasteiger partial charge in [-0.05, 0) is 36.0 Å². The van der Waals surface area contributed by atoms with E-state index in [1.165, 1.54) is 31.3 Å². The molecule has 0 saturated carbocycles. The van der Waals surface area contributed by atoms with Crippen LogP contribution < -0.4 is 14.8 Å². The van der Waals surface area contributed by atoms with Gasteiger partial charge >= 0.3 is 5.97 Å². The molecule has 0 aromatic heterocycles. The number of nitrogens with one attached hydrogen (secondary N) is 1. The van der Waals surface area contributed by atoms with Crippen molar-refractivity contribution in [2.24, 2.45) is 0 Å². The number of benzene rings is 1. The van der Waals surface area contributed by atoms with Crippen LogP contribution in [0.3, 0.4) is 0 Å². The summed E-state index contributed by atoms with van der Waals surface area (Å²) in [5.74, 6) is -1.10. The summed E-state index contributed by atoms with van der Waals surface area (Å²) in [4.78, 5) is 37.4. The molecule has 1 aromatic rings. The zero-order chi connectivity index (χ0) is 20.8. The summed E-state index contributed by atoms with van der Waals surface area (Å²) in [5.41, 5.74) is 0.397. The van der Waals surface area contributed by atoms with Crippen molar-refractivity contribution in [3.8, 4) is 11.5 Å². The van der Waals surface area contributed by atoms with E-state index < -0.39 is 17.8 Å². The average molecular weight is 469 g/mol. The van der Waals surface area contributed by atoms with Gasteiger partial charge in [0.15, 0.2) is 23.2 Å². The van der Waals surface area contributed by atoms with E-state index in [4.69, 9.17) is 21.7 Å². The largest absolute Gasteiger partial charge is 0.493 e. The van der Waals surface area contributed by atoms with Crippen molar-refractivity contribution < 1.29 is 28.6 Å². The number of hydrogen-bond donors (Lipinski definition) is 1. The van der Waals surface area contributed by atoms with Gasteiger partial charge in [0, 0.05) is 11.0 Å². The minimum Gasteiger partial charge on any atom is -0.493 e. The molecule has 0 unspecified atom stereocenters. The lowest BCUT2D eigenvalue weighted by Crippen LogP contribution is -2.53. The minimum absolute atomic E-state index is 0.0234. The van der Waals surface area contributed by atoms with Crippen molar-refractivity contribution >= 4 is 57.1 Å². The lowest BCUT2D eigenvalue weighted by Gasteiger charge is -2.27. The maximum Gasteiger partial charge on any atom is 0.343 e. The van der Waals surface area contributed by atoms with Crippen LogP contribution in [-0.2, 0) is 19.1 Å². The van der Waals surface area contributed by atoms with Crippen LogP contribution >= 0.6 is 28.1 Å². The summed E-state index contributed by atoms with van der Waals surface area (Å²) >= 11 is 8.39. The third-order valence-corrected chi connectivity index (χ3v) is 4.66. The van der Waals surface area contributed by atoms with Crippen LogP contribution in [0.4, 0.5) is 0 Å². The number of rotatable bonds is 7. The number of carbonyl (C=O) groups is 3. The van der Waals surface area contributed by atoms with Crippen molar-refractivity contribution in [3.05, 3.63) is 40.4 Å². The van der Waals surface area contributed by atoms with E-state index in [0.717, 1.165) is 0 Å². The van der Waals surface area contributed by atoms with Gasteiger partial charge in [0.05, 0.1) is 14.2 Å². The zero-order valence-corrected chi connectivity index (χ0v) is 17.5. The monoisotopic (exact) mass is 468 g/mol. The van der Waals surface area contributed by atoms with Crippen molar-refractivity contribution in [1.29, 1.82) is 0 Å². The molecule has 1 N–H and O–H groups in total. The first-order valence-electron chi connectivity index (χ1n) is 7.89. The predicted octanol–water partition coefficient (Wildman–Crippen LogP) is 1.82. The molecule has 2 amide bonds. The number of esters is 1. The van der Waals surface area contributed by atoms with Gasteiger partial charge in [-0.3, -0.25) is 19.8 Å². The molecule has 0 radical (unpaired) electrons. The third kappa shape index (κ3) is 4.76. The molecule has 0 bridgehead atoms. The molecule has 10 heteroatoms. The molecule has 1 aliphatic heterocycles. The van der Waals surface area contributed by atoms with E-state index in [-0.39, 0.29) is 29.6 Å².